The zero-order valence-electron chi connectivity index (χ0n) is 12.7. The highest BCUT2D eigenvalue weighted by Gasteiger charge is 2.14. The van der Waals surface area contributed by atoms with Crippen LogP contribution in [0, 0.1) is 5.82 Å². The van der Waals surface area contributed by atoms with Crippen molar-refractivity contribution in [1.29, 1.82) is 0 Å². The van der Waals surface area contributed by atoms with Crippen LogP contribution in [0.15, 0.2) is 60.7 Å². The van der Waals surface area contributed by atoms with E-state index in [1.54, 1.807) is 24.3 Å². The molecule has 116 valence electrons. The molecule has 0 saturated carbocycles. The molecule has 0 aliphatic heterocycles. The molecule has 0 saturated heterocycles. The Morgan fingerprint density at radius 1 is 1.04 bits per heavy atom. The first-order valence-corrected chi connectivity index (χ1v) is 7.27. The first-order chi connectivity index (χ1) is 11.2. The number of amides is 1. The van der Waals surface area contributed by atoms with E-state index in [2.05, 4.69) is 5.32 Å². The van der Waals surface area contributed by atoms with Gasteiger partial charge in [-0.25, -0.2) is 4.39 Å². The Balaban J connectivity index is 1.86. The van der Waals surface area contributed by atoms with Crippen molar-refractivity contribution in [2.45, 2.75) is 6.54 Å². The van der Waals surface area contributed by atoms with Gasteiger partial charge in [0.1, 0.15) is 11.6 Å². The van der Waals surface area contributed by atoms with Crippen LogP contribution in [0.4, 0.5) is 4.39 Å². The van der Waals surface area contributed by atoms with Crippen LogP contribution in [0.1, 0.15) is 15.9 Å². The minimum atomic E-state index is -0.335. The summed E-state index contributed by atoms with van der Waals surface area (Å²) in [7, 11) is 1.53. The summed E-state index contributed by atoms with van der Waals surface area (Å²) >= 11 is 0. The van der Waals surface area contributed by atoms with Gasteiger partial charge in [0.25, 0.3) is 5.91 Å². The lowest BCUT2D eigenvalue weighted by molar-refractivity contribution is 0.0947. The maximum atomic E-state index is 13.6. The summed E-state index contributed by atoms with van der Waals surface area (Å²) < 4.78 is 18.9. The van der Waals surface area contributed by atoms with E-state index in [9.17, 15) is 9.18 Å². The zero-order valence-corrected chi connectivity index (χ0v) is 12.7. The second-order valence-electron chi connectivity index (χ2n) is 5.17. The van der Waals surface area contributed by atoms with E-state index in [1.807, 2.05) is 30.3 Å². The molecule has 0 atom stereocenters. The third-order valence-corrected chi connectivity index (χ3v) is 3.71. The van der Waals surface area contributed by atoms with Crippen molar-refractivity contribution in [2.24, 2.45) is 0 Å². The summed E-state index contributed by atoms with van der Waals surface area (Å²) in [6.07, 6.45) is 0. The van der Waals surface area contributed by atoms with E-state index >= 15 is 0 Å². The molecule has 23 heavy (non-hydrogen) atoms. The van der Waals surface area contributed by atoms with Crippen LogP contribution >= 0.6 is 0 Å². The van der Waals surface area contributed by atoms with Crippen molar-refractivity contribution in [3.05, 3.63) is 77.6 Å². The second kappa shape index (κ2) is 6.48. The number of hydrogen-bond donors (Lipinski definition) is 1. The van der Waals surface area contributed by atoms with Gasteiger partial charge in [-0.3, -0.25) is 4.79 Å². The van der Waals surface area contributed by atoms with Gasteiger partial charge in [0.15, 0.2) is 0 Å². The zero-order chi connectivity index (χ0) is 16.2. The SMILES string of the molecule is COc1cc2ccccc2cc1C(=O)NCc1ccccc1F. The van der Waals surface area contributed by atoms with Crippen molar-refractivity contribution in [1.82, 2.24) is 5.32 Å². The van der Waals surface area contributed by atoms with Gasteiger partial charge in [0.2, 0.25) is 0 Å². The summed E-state index contributed by atoms with van der Waals surface area (Å²) in [5, 5.41) is 4.68. The molecule has 0 aliphatic carbocycles. The summed E-state index contributed by atoms with van der Waals surface area (Å²) in [6, 6.07) is 17.7. The summed E-state index contributed by atoms with van der Waals surface area (Å²) in [6.45, 7) is 0.126. The molecule has 1 amide bonds. The van der Waals surface area contributed by atoms with Gasteiger partial charge >= 0.3 is 0 Å². The van der Waals surface area contributed by atoms with Crippen molar-refractivity contribution >= 4 is 16.7 Å². The van der Waals surface area contributed by atoms with Crippen molar-refractivity contribution in [3.8, 4) is 5.75 Å². The number of carbonyl (C=O) groups is 1. The van der Waals surface area contributed by atoms with Crippen molar-refractivity contribution < 1.29 is 13.9 Å². The lowest BCUT2D eigenvalue weighted by Gasteiger charge is -2.11. The Morgan fingerprint density at radius 2 is 1.70 bits per heavy atom. The Morgan fingerprint density at radius 3 is 2.39 bits per heavy atom. The van der Waals surface area contributed by atoms with Crippen molar-refractivity contribution in [3.63, 3.8) is 0 Å². The minimum absolute atomic E-state index is 0.126. The maximum Gasteiger partial charge on any atom is 0.255 e. The number of halogens is 1. The second-order valence-corrected chi connectivity index (χ2v) is 5.17. The Kier molecular flexibility index (Phi) is 4.24. The molecule has 3 aromatic rings. The fourth-order valence-electron chi connectivity index (χ4n) is 2.48. The van der Waals surface area contributed by atoms with Gasteiger partial charge in [0.05, 0.1) is 12.7 Å². The fourth-order valence-corrected chi connectivity index (χ4v) is 2.48. The monoisotopic (exact) mass is 309 g/mol. The Bertz CT molecular complexity index is 861. The van der Waals surface area contributed by atoms with Crippen LogP contribution in [0.2, 0.25) is 0 Å². The van der Waals surface area contributed by atoms with Crippen LogP contribution < -0.4 is 10.1 Å². The number of carbonyl (C=O) groups excluding carboxylic acids is 1. The number of ether oxygens (including phenoxy) is 1. The number of methoxy groups -OCH3 is 1. The summed E-state index contributed by atoms with van der Waals surface area (Å²) in [5.74, 6) is -0.135. The minimum Gasteiger partial charge on any atom is -0.496 e. The standard InChI is InChI=1S/C19H16FNO2/c1-23-18-11-14-7-3-2-6-13(14)10-16(18)19(22)21-12-15-8-4-5-9-17(15)20/h2-11H,12H2,1H3,(H,21,22). The van der Waals surface area contributed by atoms with E-state index in [0.29, 0.717) is 16.9 Å². The molecular formula is C19H16FNO2. The number of benzene rings is 3. The molecule has 0 aromatic heterocycles. The molecule has 3 nitrogen and oxygen atoms in total. The molecule has 0 aliphatic rings. The third-order valence-electron chi connectivity index (χ3n) is 3.71. The fraction of sp³-hybridized carbons (Fsp3) is 0.105. The van der Waals surface area contributed by atoms with Gasteiger partial charge < -0.3 is 10.1 Å². The third kappa shape index (κ3) is 3.16. The van der Waals surface area contributed by atoms with E-state index < -0.39 is 0 Å². The number of fused-ring (bicyclic) bond motifs is 1. The summed E-state index contributed by atoms with van der Waals surface area (Å²) in [4.78, 5) is 12.4. The maximum absolute atomic E-state index is 13.6. The van der Waals surface area contributed by atoms with Gasteiger partial charge in [-0.1, -0.05) is 42.5 Å². The Hall–Kier alpha value is -2.88. The molecule has 0 radical (unpaired) electrons. The predicted molar refractivity (Wildman–Crippen MR) is 88.1 cm³/mol. The quantitative estimate of drug-likeness (QED) is 0.793. The molecule has 3 aromatic carbocycles. The van der Waals surface area contributed by atoms with Crippen molar-refractivity contribution in [2.75, 3.05) is 7.11 Å². The Labute approximate surface area is 133 Å². The summed E-state index contributed by atoms with van der Waals surface area (Å²) in [5.41, 5.74) is 0.878. The van der Waals surface area contributed by atoms with Gasteiger partial charge in [-0.15, -0.1) is 0 Å². The lowest BCUT2D eigenvalue weighted by Crippen LogP contribution is -2.23. The molecule has 1 N–H and O–H groups in total. The highest BCUT2D eigenvalue weighted by molar-refractivity contribution is 6.01. The highest BCUT2D eigenvalue weighted by atomic mass is 19.1. The molecule has 0 spiro atoms. The molecule has 0 bridgehead atoms. The average molecular weight is 309 g/mol. The number of hydrogen-bond acceptors (Lipinski definition) is 2. The molecule has 0 unspecified atom stereocenters. The largest absolute Gasteiger partial charge is 0.496 e. The highest BCUT2D eigenvalue weighted by Crippen LogP contribution is 2.26. The van der Waals surface area contributed by atoms with Crippen LogP contribution in [-0.2, 0) is 6.54 Å². The van der Waals surface area contributed by atoms with Gasteiger partial charge in [-0.2, -0.15) is 0 Å². The normalized spacial score (nSPS) is 10.5. The van der Waals surface area contributed by atoms with Gasteiger partial charge in [0, 0.05) is 12.1 Å². The molecule has 0 heterocycles. The van der Waals surface area contributed by atoms with E-state index in [0.717, 1.165) is 10.8 Å². The number of nitrogens with one attached hydrogen (secondary N) is 1. The first kappa shape index (κ1) is 15.0. The average Bonchev–Trinajstić information content (AvgIpc) is 2.59. The van der Waals surface area contributed by atoms with Crippen LogP contribution in [0.25, 0.3) is 10.8 Å². The number of rotatable bonds is 4. The first-order valence-electron chi connectivity index (χ1n) is 7.27. The smallest absolute Gasteiger partial charge is 0.255 e. The van der Waals surface area contributed by atoms with E-state index in [1.165, 1.54) is 13.2 Å². The topological polar surface area (TPSA) is 38.3 Å². The lowest BCUT2D eigenvalue weighted by atomic mass is 10.1. The molecular weight excluding hydrogens is 293 g/mol. The predicted octanol–water partition coefficient (Wildman–Crippen LogP) is 3.92. The van der Waals surface area contributed by atoms with E-state index in [4.69, 9.17) is 4.74 Å². The van der Waals surface area contributed by atoms with Gasteiger partial charge in [-0.05, 0) is 29.0 Å². The molecule has 4 heteroatoms. The molecule has 3 rings (SSSR count). The van der Waals surface area contributed by atoms with Crippen LogP contribution in [0.3, 0.4) is 0 Å². The van der Waals surface area contributed by atoms with Crippen LogP contribution in [-0.4, -0.2) is 13.0 Å². The van der Waals surface area contributed by atoms with Crippen LogP contribution in [0.5, 0.6) is 5.75 Å². The van der Waals surface area contributed by atoms with E-state index in [-0.39, 0.29) is 18.3 Å². The molecule has 0 fully saturated rings.